The highest BCUT2D eigenvalue weighted by Crippen LogP contribution is 2.19. The lowest BCUT2D eigenvalue weighted by molar-refractivity contribution is 0.0943. The van der Waals surface area contributed by atoms with Crippen LogP contribution in [0.5, 0.6) is 0 Å². The molecule has 2 aromatic rings. The first-order valence-corrected chi connectivity index (χ1v) is 7.42. The average molecular weight is 298 g/mol. The van der Waals surface area contributed by atoms with E-state index in [-0.39, 0.29) is 5.91 Å². The summed E-state index contributed by atoms with van der Waals surface area (Å²) in [4.78, 5) is 20.7. The molecule has 0 saturated heterocycles. The molecule has 1 heterocycles. The number of carbonyl (C=O) groups is 1. The van der Waals surface area contributed by atoms with Crippen LogP contribution in [0.2, 0.25) is 0 Å². The highest BCUT2D eigenvalue weighted by Gasteiger charge is 2.11. The van der Waals surface area contributed by atoms with Crippen molar-refractivity contribution in [1.29, 1.82) is 0 Å². The van der Waals surface area contributed by atoms with Gasteiger partial charge in [-0.25, -0.2) is 9.97 Å². The van der Waals surface area contributed by atoms with Crippen molar-refractivity contribution in [2.75, 3.05) is 11.9 Å². The minimum atomic E-state index is -0.174. The zero-order valence-electron chi connectivity index (χ0n) is 13.5. The van der Waals surface area contributed by atoms with Gasteiger partial charge in [-0.1, -0.05) is 32.0 Å². The van der Waals surface area contributed by atoms with E-state index in [1.165, 1.54) is 0 Å². The molecule has 0 aliphatic heterocycles. The van der Waals surface area contributed by atoms with Gasteiger partial charge in [-0.15, -0.1) is 0 Å². The number of hydrogen-bond acceptors (Lipinski definition) is 4. The predicted molar refractivity (Wildman–Crippen MR) is 88.4 cm³/mol. The number of hydrogen-bond donors (Lipinski definition) is 2. The molecule has 5 heteroatoms. The number of benzene rings is 1. The smallest absolute Gasteiger partial charge is 0.270 e. The number of aromatic nitrogens is 2. The fourth-order valence-electron chi connectivity index (χ4n) is 1.99. The lowest BCUT2D eigenvalue weighted by atomic mass is 10.2. The Hall–Kier alpha value is -2.43. The number of para-hydroxylation sites is 1. The molecule has 0 bridgehead atoms. The number of amides is 1. The molecule has 0 aliphatic rings. The van der Waals surface area contributed by atoms with Crippen molar-refractivity contribution in [3.63, 3.8) is 0 Å². The standard InChI is InChI=1S/C17H22N4O/c1-11(2)10-18-17(22)15-9-16(20-13(4)19-15)21-14-8-6-5-7-12(14)3/h5-9,11H,10H2,1-4H3,(H,18,22)(H,19,20,21). The van der Waals surface area contributed by atoms with Crippen LogP contribution in [-0.4, -0.2) is 22.4 Å². The Balaban J connectivity index is 2.20. The van der Waals surface area contributed by atoms with Gasteiger partial charge in [0.25, 0.3) is 5.91 Å². The van der Waals surface area contributed by atoms with Gasteiger partial charge in [-0.05, 0) is 31.4 Å². The van der Waals surface area contributed by atoms with Crippen molar-refractivity contribution in [3.05, 3.63) is 47.4 Å². The van der Waals surface area contributed by atoms with Gasteiger partial charge in [-0.3, -0.25) is 4.79 Å². The maximum Gasteiger partial charge on any atom is 0.270 e. The van der Waals surface area contributed by atoms with Gasteiger partial charge < -0.3 is 10.6 Å². The summed E-state index contributed by atoms with van der Waals surface area (Å²) in [5.74, 6) is 1.41. The molecular formula is C17H22N4O. The Morgan fingerprint density at radius 2 is 1.91 bits per heavy atom. The van der Waals surface area contributed by atoms with Crippen molar-refractivity contribution in [1.82, 2.24) is 15.3 Å². The summed E-state index contributed by atoms with van der Waals surface area (Å²) in [6.45, 7) is 8.53. The molecule has 5 nitrogen and oxygen atoms in total. The van der Waals surface area contributed by atoms with Gasteiger partial charge in [-0.2, -0.15) is 0 Å². The van der Waals surface area contributed by atoms with Crippen molar-refractivity contribution < 1.29 is 4.79 Å². The first-order valence-electron chi connectivity index (χ1n) is 7.42. The van der Waals surface area contributed by atoms with E-state index in [0.717, 1.165) is 11.3 Å². The van der Waals surface area contributed by atoms with Gasteiger partial charge in [0, 0.05) is 18.3 Å². The summed E-state index contributed by atoms with van der Waals surface area (Å²) >= 11 is 0. The molecule has 0 spiro atoms. The Kier molecular flexibility index (Phi) is 5.09. The van der Waals surface area contributed by atoms with Gasteiger partial charge in [0.05, 0.1) is 0 Å². The second-order valence-corrected chi connectivity index (χ2v) is 5.73. The third kappa shape index (κ3) is 4.28. The molecular weight excluding hydrogens is 276 g/mol. The highest BCUT2D eigenvalue weighted by atomic mass is 16.1. The molecule has 1 aromatic heterocycles. The van der Waals surface area contributed by atoms with Crippen LogP contribution in [0.4, 0.5) is 11.5 Å². The van der Waals surface area contributed by atoms with Crippen LogP contribution in [0.15, 0.2) is 30.3 Å². The summed E-state index contributed by atoms with van der Waals surface area (Å²) in [6, 6.07) is 9.61. The predicted octanol–water partition coefficient (Wildman–Crippen LogP) is 3.22. The molecule has 0 atom stereocenters. The minimum absolute atomic E-state index is 0.174. The quantitative estimate of drug-likeness (QED) is 0.889. The van der Waals surface area contributed by atoms with Crippen LogP contribution in [0, 0.1) is 19.8 Å². The molecule has 2 rings (SSSR count). The van der Waals surface area contributed by atoms with E-state index in [1.807, 2.05) is 31.2 Å². The third-order valence-corrected chi connectivity index (χ3v) is 3.15. The first-order chi connectivity index (χ1) is 10.5. The van der Waals surface area contributed by atoms with Crippen molar-refractivity contribution >= 4 is 17.4 Å². The van der Waals surface area contributed by atoms with Crippen molar-refractivity contribution in [2.24, 2.45) is 5.92 Å². The van der Waals surface area contributed by atoms with E-state index in [4.69, 9.17) is 0 Å². The zero-order valence-corrected chi connectivity index (χ0v) is 13.5. The van der Waals surface area contributed by atoms with E-state index in [0.29, 0.717) is 29.8 Å². The minimum Gasteiger partial charge on any atom is -0.350 e. The Labute approximate surface area is 131 Å². The van der Waals surface area contributed by atoms with Crippen LogP contribution in [0.25, 0.3) is 0 Å². The Morgan fingerprint density at radius 1 is 1.18 bits per heavy atom. The normalized spacial score (nSPS) is 10.6. The molecule has 2 N–H and O–H groups in total. The fourth-order valence-corrected chi connectivity index (χ4v) is 1.99. The third-order valence-electron chi connectivity index (χ3n) is 3.15. The number of carbonyl (C=O) groups excluding carboxylic acids is 1. The lowest BCUT2D eigenvalue weighted by Crippen LogP contribution is -2.28. The van der Waals surface area contributed by atoms with Gasteiger partial charge in [0.2, 0.25) is 0 Å². The van der Waals surface area contributed by atoms with E-state index in [1.54, 1.807) is 13.0 Å². The molecule has 116 valence electrons. The summed E-state index contributed by atoms with van der Waals surface area (Å²) in [5.41, 5.74) is 2.46. The summed E-state index contributed by atoms with van der Waals surface area (Å²) < 4.78 is 0. The summed E-state index contributed by atoms with van der Waals surface area (Å²) in [7, 11) is 0. The summed E-state index contributed by atoms with van der Waals surface area (Å²) in [6.07, 6.45) is 0. The van der Waals surface area contributed by atoms with Gasteiger partial charge >= 0.3 is 0 Å². The monoisotopic (exact) mass is 298 g/mol. The highest BCUT2D eigenvalue weighted by molar-refractivity contribution is 5.93. The largest absolute Gasteiger partial charge is 0.350 e. The molecule has 0 fully saturated rings. The topological polar surface area (TPSA) is 66.9 Å². The Bertz CT molecular complexity index is 667. The van der Waals surface area contributed by atoms with Crippen LogP contribution in [-0.2, 0) is 0 Å². The second-order valence-electron chi connectivity index (χ2n) is 5.73. The van der Waals surface area contributed by atoms with Crippen LogP contribution >= 0.6 is 0 Å². The summed E-state index contributed by atoms with van der Waals surface area (Å²) in [5, 5.41) is 6.11. The molecule has 0 aliphatic carbocycles. The SMILES string of the molecule is Cc1nc(Nc2ccccc2C)cc(C(=O)NCC(C)C)n1. The van der Waals surface area contributed by atoms with E-state index in [2.05, 4.69) is 34.4 Å². The second kappa shape index (κ2) is 7.02. The lowest BCUT2D eigenvalue weighted by Gasteiger charge is -2.11. The molecule has 1 amide bonds. The number of rotatable bonds is 5. The molecule has 0 unspecified atom stereocenters. The molecule has 0 radical (unpaired) electrons. The molecule has 0 saturated carbocycles. The zero-order chi connectivity index (χ0) is 16.1. The van der Waals surface area contributed by atoms with Crippen LogP contribution < -0.4 is 10.6 Å². The number of nitrogens with one attached hydrogen (secondary N) is 2. The maximum atomic E-state index is 12.1. The van der Waals surface area contributed by atoms with Crippen molar-refractivity contribution in [2.45, 2.75) is 27.7 Å². The molecule has 1 aromatic carbocycles. The number of nitrogens with zero attached hydrogens (tertiary/aromatic N) is 2. The van der Waals surface area contributed by atoms with Crippen LogP contribution in [0.1, 0.15) is 35.7 Å². The van der Waals surface area contributed by atoms with E-state index in [9.17, 15) is 4.79 Å². The first kappa shape index (κ1) is 15.9. The van der Waals surface area contributed by atoms with E-state index >= 15 is 0 Å². The fraction of sp³-hybridized carbons (Fsp3) is 0.353. The Morgan fingerprint density at radius 3 is 2.59 bits per heavy atom. The van der Waals surface area contributed by atoms with E-state index < -0.39 is 0 Å². The molecule has 22 heavy (non-hydrogen) atoms. The van der Waals surface area contributed by atoms with Crippen LogP contribution in [0.3, 0.4) is 0 Å². The number of anilines is 2. The van der Waals surface area contributed by atoms with Gasteiger partial charge in [0.15, 0.2) is 0 Å². The van der Waals surface area contributed by atoms with Gasteiger partial charge in [0.1, 0.15) is 17.3 Å². The van der Waals surface area contributed by atoms with Crippen molar-refractivity contribution in [3.8, 4) is 0 Å². The number of aryl methyl sites for hydroxylation is 2. The maximum absolute atomic E-state index is 12.1. The average Bonchev–Trinajstić information content (AvgIpc) is 2.46.